The molecule has 0 bridgehead atoms. The number of hydrogen-bond acceptors (Lipinski definition) is 6. The molecule has 0 fully saturated rings. The van der Waals surface area contributed by atoms with Crippen LogP contribution in [0.3, 0.4) is 0 Å². The van der Waals surface area contributed by atoms with E-state index in [1.54, 1.807) is 13.1 Å². The zero-order valence-electron chi connectivity index (χ0n) is 12.0. The maximum absolute atomic E-state index is 11.1. The summed E-state index contributed by atoms with van der Waals surface area (Å²) < 4.78 is 5.50. The quantitative estimate of drug-likeness (QED) is 0.623. The van der Waals surface area contributed by atoms with Crippen molar-refractivity contribution in [1.82, 2.24) is 15.2 Å². The molecule has 21 heavy (non-hydrogen) atoms. The molecule has 2 rings (SSSR count). The summed E-state index contributed by atoms with van der Waals surface area (Å²) in [5, 5.41) is 10.1. The summed E-state index contributed by atoms with van der Waals surface area (Å²) in [6.07, 6.45) is 2.61. The van der Waals surface area contributed by atoms with E-state index in [4.69, 9.17) is 4.74 Å². The Morgan fingerprint density at radius 2 is 2.14 bits per heavy atom. The van der Waals surface area contributed by atoms with Crippen molar-refractivity contribution < 1.29 is 4.74 Å². The molecule has 0 atom stereocenters. The molecule has 0 spiro atoms. The highest BCUT2D eigenvalue weighted by Gasteiger charge is 2.00. The van der Waals surface area contributed by atoms with E-state index in [1.165, 1.54) is 0 Å². The Hall–Kier alpha value is -2.70. The van der Waals surface area contributed by atoms with E-state index >= 15 is 0 Å². The zero-order chi connectivity index (χ0) is 15.1. The molecule has 0 amide bonds. The highest BCUT2D eigenvalue weighted by molar-refractivity contribution is 5.80. The van der Waals surface area contributed by atoms with E-state index < -0.39 is 5.69 Å². The normalized spacial score (nSPS) is 10.8. The van der Waals surface area contributed by atoms with Crippen molar-refractivity contribution in [3.8, 4) is 5.75 Å². The third kappa shape index (κ3) is 4.41. The minimum atomic E-state index is -0.518. The maximum atomic E-state index is 11.1. The Morgan fingerprint density at radius 3 is 2.86 bits per heavy atom. The second-order valence-corrected chi connectivity index (χ2v) is 4.36. The summed E-state index contributed by atoms with van der Waals surface area (Å²) in [6, 6.07) is 7.56. The number of nitrogens with zero attached hydrogens (tertiary/aromatic N) is 3. The molecule has 2 N–H and O–H groups in total. The standard InChI is InChI=1S/C14H17N5O2/c1-3-8-21-12-6-4-11(5-7-12)9-15-18-13-10(2)17-19-14(20)16-13/h4-7,9H,3,8H2,1-2H3,(H2,16,18,19,20)/b15-9+. The molecule has 0 saturated heterocycles. The largest absolute Gasteiger partial charge is 0.494 e. The Kier molecular flexibility index (Phi) is 5.03. The average Bonchev–Trinajstić information content (AvgIpc) is 2.50. The van der Waals surface area contributed by atoms with Gasteiger partial charge in [0.05, 0.1) is 12.8 Å². The summed E-state index contributed by atoms with van der Waals surface area (Å²) in [7, 11) is 0. The highest BCUT2D eigenvalue weighted by atomic mass is 16.5. The molecule has 0 saturated carbocycles. The second kappa shape index (κ2) is 7.18. The van der Waals surface area contributed by atoms with Crippen molar-refractivity contribution in [2.75, 3.05) is 12.0 Å². The predicted octanol–water partition coefficient (Wildman–Crippen LogP) is 1.71. The van der Waals surface area contributed by atoms with Crippen LogP contribution in [0.2, 0.25) is 0 Å². The molecule has 0 radical (unpaired) electrons. The van der Waals surface area contributed by atoms with Gasteiger partial charge in [0.25, 0.3) is 0 Å². The first-order valence-electron chi connectivity index (χ1n) is 6.64. The van der Waals surface area contributed by atoms with Crippen molar-refractivity contribution >= 4 is 12.0 Å². The van der Waals surface area contributed by atoms with Gasteiger partial charge in [-0.3, -0.25) is 5.43 Å². The number of hydrazone groups is 1. The van der Waals surface area contributed by atoms with Gasteiger partial charge in [-0.2, -0.15) is 15.2 Å². The van der Waals surface area contributed by atoms with E-state index in [0.29, 0.717) is 18.1 Å². The molecule has 0 aliphatic carbocycles. The molecule has 7 heteroatoms. The second-order valence-electron chi connectivity index (χ2n) is 4.36. The summed E-state index contributed by atoms with van der Waals surface area (Å²) in [4.78, 5) is 14.8. The van der Waals surface area contributed by atoms with Gasteiger partial charge >= 0.3 is 5.69 Å². The molecule has 0 aliphatic heterocycles. The van der Waals surface area contributed by atoms with Crippen LogP contribution >= 0.6 is 0 Å². The van der Waals surface area contributed by atoms with Crippen molar-refractivity contribution in [3.63, 3.8) is 0 Å². The molecule has 1 aromatic heterocycles. The fourth-order valence-electron chi connectivity index (χ4n) is 1.54. The Labute approximate surface area is 122 Å². The van der Waals surface area contributed by atoms with E-state index in [1.807, 2.05) is 24.3 Å². The molecular weight excluding hydrogens is 270 g/mol. The minimum Gasteiger partial charge on any atom is -0.494 e. The van der Waals surface area contributed by atoms with Gasteiger partial charge in [-0.1, -0.05) is 6.92 Å². The van der Waals surface area contributed by atoms with Crippen LogP contribution in [0.5, 0.6) is 5.75 Å². The molecular formula is C14H17N5O2. The summed E-state index contributed by atoms with van der Waals surface area (Å²) >= 11 is 0. The molecule has 1 heterocycles. The number of rotatable bonds is 6. The van der Waals surface area contributed by atoms with E-state index in [-0.39, 0.29) is 0 Å². The number of nitrogens with one attached hydrogen (secondary N) is 2. The van der Waals surface area contributed by atoms with Gasteiger partial charge in [0.15, 0.2) is 5.82 Å². The minimum absolute atomic E-state index is 0.331. The van der Waals surface area contributed by atoms with Gasteiger partial charge in [0.2, 0.25) is 0 Å². The van der Waals surface area contributed by atoms with Gasteiger partial charge < -0.3 is 4.74 Å². The number of aromatic amines is 1. The SMILES string of the molecule is CCCOc1ccc(/C=N/Nc2nc(=O)[nH]nc2C)cc1. The van der Waals surface area contributed by atoms with Gasteiger partial charge in [0.1, 0.15) is 11.4 Å². The number of H-pyrrole nitrogens is 1. The predicted molar refractivity (Wildman–Crippen MR) is 80.8 cm³/mol. The molecule has 2 aromatic rings. The molecule has 1 aromatic carbocycles. The fourth-order valence-corrected chi connectivity index (χ4v) is 1.54. The first kappa shape index (κ1) is 14.7. The average molecular weight is 287 g/mol. The number of benzene rings is 1. The topological polar surface area (TPSA) is 92.3 Å². The Morgan fingerprint density at radius 1 is 1.38 bits per heavy atom. The van der Waals surface area contributed by atoms with Gasteiger partial charge in [-0.25, -0.2) is 9.89 Å². The van der Waals surface area contributed by atoms with Crippen LogP contribution in [0, 0.1) is 6.92 Å². The van der Waals surface area contributed by atoms with Crippen LogP contribution in [0.4, 0.5) is 5.82 Å². The summed E-state index contributed by atoms with van der Waals surface area (Å²) in [6.45, 7) is 4.49. The van der Waals surface area contributed by atoms with E-state index in [0.717, 1.165) is 17.7 Å². The Balaban J connectivity index is 1.98. The van der Waals surface area contributed by atoms with Crippen LogP contribution in [-0.2, 0) is 0 Å². The molecule has 0 unspecified atom stereocenters. The van der Waals surface area contributed by atoms with E-state index in [9.17, 15) is 4.79 Å². The van der Waals surface area contributed by atoms with Crippen LogP contribution in [0.25, 0.3) is 0 Å². The van der Waals surface area contributed by atoms with E-state index in [2.05, 4.69) is 32.6 Å². The first-order valence-corrected chi connectivity index (χ1v) is 6.64. The lowest BCUT2D eigenvalue weighted by atomic mass is 10.2. The summed E-state index contributed by atoms with van der Waals surface area (Å²) in [5.41, 5.74) is 3.65. The van der Waals surface area contributed by atoms with Crippen molar-refractivity contribution in [3.05, 3.63) is 46.0 Å². The van der Waals surface area contributed by atoms with Gasteiger partial charge in [-0.05, 0) is 43.2 Å². The molecule has 110 valence electrons. The zero-order valence-corrected chi connectivity index (χ0v) is 12.0. The smallest absolute Gasteiger partial charge is 0.363 e. The lowest BCUT2D eigenvalue weighted by Crippen LogP contribution is -2.15. The third-order valence-corrected chi connectivity index (χ3v) is 2.61. The van der Waals surface area contributed by atoms with Crippen molar-refractivity contribution in [2.24, 2.45) is 5.10 Å². The third-order valence-electron chi connectivity index (χ3n) is 2.61. The number of aryl methyl sites for hydroxylation is 1. The lowest BCUT2D eigenvalue weighted by Gasteiger charge is -2.04. The monoisotopic (exact) mass is 287 g/mol. The van der Waals surface area contributed by atoms with Crippen LogP contribution < -0.4 is 15.9 Å². The van der Waals surface area contributed by atoms with Gasteiger partial charge in [0, 0.05) is 0 Å². The molecule has 7 nitrogen and oxygen atoms in total. The first-order chi connectivity index (χ1) is 10.2. The summed E-state index contributed by atoms with van der Waals surface area (Å²) in [5.74, 6) is 1.16. The van der Waals surface area contributed by atoms with Crippen molar-refractivity contribution in [2.45, 2.75) is 20.3 Å². The lowest BCUT2D eigenvalue weighted by molar-refractivity contribution is 0.317. The van der Waals surface area contributed by atoms with Gasteiger partial charge in [-0.15, -0.1) is 0 Å². The number of aromatic nitrogens is 3. The number of anilines is 1. The van der Waals surface area contributed by atoms with Crippen LogP contribution in [-0.4, -0.2) is 28.0 Å². The molecule has 0 aliphatic rings. The van der Waals surface area contributed by atoms with Crippen LogP contribution in [0.15, 0.2) is 34.2 Å². The van der Waals surface area contributed by atoms with Crippen LogP contribution in [0.1, 0.15) is 24.6 Å². The number of ether oxygens (including phenoxy) is 1. The van der Waals surface area contributed by atoms with Crippen molar-refractivity contribution in [1.29, 1.82) is 0 Å². The fraction of sp³-hybridized carbons (Fsp3) is 0.286. The number of hydrogen-bond donors (Lipinski definition) is 2. The Bertz CT molecular complexity index is 664. The maximum Gasteiger partial charge on any atom is 0.363 e. The highest BCUT2D eigenvalue weighted by Crippen LogP contribution is 2.11.